The second-order valence-electron chi connectivity index (χ2n) is 5.45. The molecule has 6 heteroatoms. The molecule has 1 amide bonds. The van der Waals surface area contributed by atoms with Gasteiger partial charge < -0.3 is 5.32 Å². The SMILES string of the molecule is C[C@H](NC(=O)/C=C\c1cnn(C)c1)c1nc(-c2ccccc2)cs1. The molecule has 0 aliphatic rings. The Labute approximate surface area is 144 Å². The van der Waals surface area contributed by atoms with Crippen molar-refractivity contribution < 1.29 is 4.79 Å². The number of carbonyl (C=O) groups is 1. The normalized spacial score (nSPS) is 12.4. The van der Waals surface area contributed by atoms with Crippen LogP contribution in [0.5, 0.6) is 0 Å². The van der Waals surface area contributed by atoms with Crippen LogP contribution >= 0.6 is 11.3 Å². The summed E-state index contributed by atoms with van der Waals surface area (Å²) in [5, 5.41) is 9.89. The van der Waals surface area contributed by atoms with Gasteiger partial charge >= 0.3 is 0 Å². The largest absolute Gasteiger partial charge is 0.344 e. The van der Waals surface area contributed by atoms with Crippen LogP contribution in [0, 0.1) is 0 Å². The predicted octanol–water partition coefficient (Wildman–Crippen LogP) is 3.43. The molecule has 1 atom stereocenters. The van der Waals surface area contributed by atoms with Crippen LogP contribution in [0.25, 0.3) is 17.3 Å². The van der Waals surface area contributed by atoms with Crippen molar-refractivity contribution in [1.29, 1.82) is 0 Å². The summed E-state index contributed by atoms with van der Waals surface area (Å²) >= 11 is 1.55. The highest BCUT2D eigenvalue weighted by molar-refractivity contribution is 7.10. The van der Waals surface area contributed by atoms with Crippen molar-refractivity contribution >= 4 is 23.3 Å². The number of rotatable bonds is 5. The molecule has 1 N–H and O–H groups in total. The first kappa shape index (κ1) is 16.1. The molecule has 3 rings (SSSR count). The minimum Gasteiger partial charge on any atom is -0.344 e. The van der Waals surface area contributed by atoms with Crippen LogP contribution in [-0.4, -0.2) is 20.7 Å². The van der Waals surface area contributed by atoms with Gasteiger partial charge in [0, 0.05) is 35.8 Å². The van der Waals surface area contributed by atoms with Crippen molar-refractivity contribution in [1.82, 2.24) is 20.1 Å². The van der Waals surface area contributed by atoms with Crippen LogP contribution in [-0.2, 0) is 11.8 Å². The molecule has 2 heterocycles. The van der Waals surface area contributed by atoms with E-state index in [1.807, 2.05) is 55.9 Å². The van der Waals surface area contributed by atoms with E-state index in [9.17, 15) is 4.79 Å². The van der Waals surface area contributed by atoms with Gasteiger partial charge in [0.05, 0.1) is 17.9 Å². The Morgan fingerprint density at radius 2 is 2.12 bits per heavy atom. The molecule has 0 radical (unpaired) electrons. The predicted molar refractivity (Wildman–Crippen MR) is 96.3 cm³/mol. The molecule has 0 bridgehead atoms. The molecule has 24 heavy (non-hydrogen) atoms. The lowest BCUT2D eigenvalue weighted by Crippen LogP contribution is -2.24. The number of nitrogens with one attached hydrogen (secondary N) is 1. The van der Waals surface area contributed by atoms with Crippen molar-refractivity contribution in [2.24, 2.45) is 7.05 Å². The Hall–Kier alpha value is -2.73. The summed E-state index contributed by atoms with van der Waals surface area (Å²) in [6.07, 6.45) is 6.81. The third-order valence-electron chi connectivity index (χ3n) is 3.47. The zero-order valence-electron chi connectivity index (χ0n) is 13.5. The maximum absolute atomic E-state index is 12.0. The minimum absolute atomic E-state index is 0.140. The molecule has 0 fully saturated rings. The fourth-order valence-corrected chi connectivity index (χ4v) is 3.08. The Kier molecular flexibility index (Phi) is 4.86. The van der Waals surface area contributed by atoms with E-state index in [2.05, 4.69) is 15.4 Å². The molecule has 0 saturated carbocycles. The summed E-state index contributed by atoms with van der Waals surface area (Å²) in [6.45, 7) is 1.93. The topological polar surface area (TPSA) is 59.8 Å². The van der Waals surface area contributed by atoms with Crippen LogP contribution in [0.3, 0.4) is 0 Å². The van der Waals surface area contributed by atoms with Gasteiger partial charge in [-0.05, 0) is 13.0 Å². The van der Waals surface area contributed by atoms with Crippen molar-refractivity contribution in [2.75, 3.05) is 0 Å². The zero-order chi connectivity index (χ0) is 16.9. The average molecular weight is 338 g/mol. The molecular formula is C18H18N4OS. The van der Waals surface area contributed by atoms with Gasteiger partial charge in [0.1, 0.15) is 5.01 Å². The summed E-state index contributed by atoms with van der Waals surface area (Å²) in [7, 11) is 1.84. The Morgan fingerprint density at radius 3 is 2.83 bits per heavy atom. The second kappa shape index (κ2) is 7.23. The average Bonchev–Trinajstić information content (AvgIpc) is 3.23. The highest BCUT2D eigenvalue weighted by Crippen LogP contribution is 2.25. The maximum Gasteiger partial charge on any atom is 0.244 e. The summed E-state index contributed by atoms with van der Waals surface area (Å²) in [5.74, 6) is -0.150. The van der Waals surface area contributed by atoms with Gasteiger partial charge in [-0.2, -0.15) is 5.10 Å². The van der Waals surface area contributed by atoms with Gasteiger partial charge in [-0.15, -0.1) is 11.3 Å². The summed E-state index contributed by atoms with van der Waals surface area (Å²) < 4.78 is 1.70. The number of carbonyl (C=O) groups excluding carboxylic acids is 1. The number of aryl methyl sites for hydroxylation is 1. The van der Waals surface area contributed by atoms with Crippen molar-refractivity contribution in [3.05, 3.63) is 64.8 Å². The number of thiazole rings is 1. The van der Waals surface area contributed by atoms with Crippen LogP contribution < -0.4 is 5.32 Å². The quantitative estimate of drug-likeness (QED) is 0.725. The molecule has 1 aromatic carbocycles. The first-order valence-corrected chi connectivity index (χ1v) is 8.48. The van der Waals surface area contributed by atoms with E-state index in [-0.39, 0.29) is 11.9 Å². The lowest BCUT2D eigenvalue weighted by molar-refractivity contribution is -0.117. The van der Waals surface area contributed by atoms with Crippen molar-refractivity contribution in [2.45, 2.75) is 13.0 Å². The summed E-state index contributed by atoms with van der Waals surface area (Å²) in [4.78, 5) is 16.7. The van der Waals surface area contributed by atoms with Gasteiger partial charge in [-0.25, -0.2) is 4.98 Å². The molecule has 2 aromatic heterocycles. The van der Waals surface area contributed by atoms with Crippen molar-refractivity contribution in [3.8, 4) is 11.3 Å². The van der Waals surface area contributed by atoms with Crippen LogP contribution in [0.1, 0.15) is 23.5 Å². The highest BCUT2D eigenvalue weighted by Gasteiger charge is 2.12. The smallest absolute Gasteiger partial charge is 0.244 e. The van der Waals surface area contributed by atoms with Crippen LogP contribution in [0.4, 0.5) is 0 Å². The molecule has 0 spiro atoms. The number of aromatic nitrogens is 3. The molecule has 0 saturated heterocycles. The third-order valence-corrected chi connectivity index (χ3v) is 4.50. The summed E-state index contributed by atoms with van der Waals surface area (Å²) in [6, 6.07) is 9.87. The van der Waals surface area contributed by atoms with Gasteiger partial charge in [0.2, 0.25) is 5.91 Å². The Balaban J connectivity index is 1.62. The number of hydrogen-bond donors (Lipinski definition) is 1. The molecule has 3 aromatic rings. The molecule has 0 aliphatic carbocycles. The molecule has 122 valence electrons. The lowest BCUT2D eigenvalue weighted by atomic mass is 10.2. The number of amides is 1. The third kappa shape index (κ3) is 3.97. The number of hydrogen-bond acceptors (Lipinski definition) is 4. The van der Waals surface area contributed by atoms with E-state index < -0.39 is 0 Å². The standard InChI is InChI=1S/C18H18N4OS/c1-13(20-17(23)9-8-14-10-19-22(2)11-14)18-21-16(12-24-18)15-6-4-3-5-7-15/h3-13H,1-2H3,(H,20,23)/b9-8-/t13-/m0/s1. The Morgan fingerprint density at radius 1 is 1.33 bits per heavy atom. The van der Waals surface area contributed by atoms with Gasteiger partial charge in [-0.3, -0.25) is 9.48 Å². The Bertz CT molecular complexity index is 851. The fourth-order valence-electron chi connectivity index (χ4n) is 2.25. The fraction of sp³-hybridized carbons (Fsp3) is 0.167. The van der Waals surface area contributed by atoms with E-state index in [0.717, 1.165) is 21.8 Å². The van der Waals surface area contributed by atoms with Gasteiger partial charge in [-0.1, -0.05) is 30.3 Å². The van der Waals surface area contributed by atoms with E-state index in [4.69, 9.17) is 0 Å². The first-order chi connectivity index (χ1) is 11.6. The monoisotopic (exact) mass is 338 g/mol. The number of benzene rings is 1. The summed E-state index contributed by atoms with van der Waals surface area (Å²) in [5.41, 5.74) is 2.90. The van der Waals surface area contributed by atoms with Crippen LogP contribution in [0.2, 0.25) is 0 Å². The molecular weight excluding hydrogens is 320 g/mol. The first-order valence-electron chi connectivity index (χ1n) is 7.60. The van der Waals surface area contributed by atoms with Crippen molar-refractivity contribution in [3.63, 3.8) is 0 Å². The number of nitrogens with zero attached hydrogens (tertiary/aromatic N) is 3. The van der Waals surface area contributed by atoms with Crippen LogP contribution in [0.15, 0.2) is 54.2 Å². The second-order valence-corrected chi connectivity index (χ2v) is 6.34. The molecule has 5 nitrogen and oxygen atoms in total. The maximum atomic E-state index is 12.0. The van der Waals surface area contributed by atoms with E-state index in [0.29, 0.717) is 0 Å². The highest BCUT2D eigenvalue weighted by atomic mass is 32.1. The molecule has 0 unspecified atom stereocenters. The van der Waals surface area contributed by atoms with E-state index >= 15 is 0 Å². The molecule has 0 aliphatic heterocycles. The van der Waals surface area contributed by atoms with E-state index in [1.165, 1.54) is 6.08 Å². The lowest BCUT2D eigenvalue weighted by Gasteiger charge is -2.08. The zero-order valence-corrected chi connectivity index (χ0v) is 14.3. The van der Waals surface area contributed by atoms with Gasteiger partial charge in [0.25, 0.3) is 0 Å². The van der Waals surface area contributed by atoms with Gasteiger partial charge in [0.15, 0.2) is 0 Å². The minimum atomic E-state index is -0.150. The van der Waals surface area contributed by atoms with E-state index in [1.54, 1.807) is 28.3 Å².